The first-order valence-corrected chi connectivity index (χ1v) is 11.8. The van der Waals surface area contributed by atoms with Crippen LogP contribution in [0.5, 0.6) is 11.5 Å². The molecule has 0 saturated carbocycles. The third-order valence-electron chi connectivity index (χ3n) is 5.20. The summed E-state index contributed by atoms with van der Waals surface area (Å²) in [5.41, 5.74) is 2.27. The number of benzene rings is 2. The zero-order chi connectivity index (χ0) is 20.7. The fourth-order valence-electron chi connectivity index (χ4n) is 3.61. The molecule has 1 heterocycles. The van der Waals surface area contributed by atoms with E-state index in [2.05, 4.69) is 6.07 Å². The average Bonchev–Trinajstić information content (AvgIpc) is 2.74. The Kier molecular flexibility index (Phi) is 7.52. The van der Waals surface area contributed by atoms with E-state index in [9.17, 15) is 8.42 Å². The number of methoxy groups -OCH3 is 1. The second kappa shape index (κ2) is 10.1. The highest BCUT2D eigenvalue weighted by Gasteiger charge is 2.28. The van der Waals surface area contributed by atoms with Crippen molar-refractivity contribution in [3.05, 3.63) is 59.7 Å². The van der Waals surface area contributed by atoms with Crippen molar-refractivity contribution in [2.45, 2.75) is 26.5 Å². The topological polar surface area (TPSA) is 60.3 Å². The minimum absolute atomic E-state index is 0.240. The Balaban J connectivity index is 1.56. The zero-order valence-corrected chi connectivity index (χ0v) is 18.1. The SMILES string of the molecule is CCCS(=O)(=O)N1CC[NH+](Cc2ccc(OCc3ccccc3)c(OC)c2)CC1. The number of hydrogen-bond acceptors (Lipinski definition) is 4. The van der Waals surface area contributed by atoms with E-state index in [-0.39, 0.29) is 5.75 Å². The number of sulfonamides is 1. The van der Waals surface area contributed by atoms with E-state index in [0.717, 1.165) is 42.3 Å². The van der Waals surface area contributed by atoms with Gasteiger partial charge in [-0.05, 0) is 30.2 Å². The Morgan fingerprint density at radius 2 is 1.72 bits per heavy atom. The molecule has 158 valence electrons. The molecule has 0 amide bonds. The lowest BCUT2D eigenvalue weighted by Gasteiger charge is -2.31. The second-order valence-electron chi connectivity index (χ2n) is 7.40. The molecular weight excluding hydrogens is 388 g/mol. The average molecular weight is 420 g/mol. The number of nitrogens with zero attached hydrogens (tertiary/aromatic N) is 1. The van der Waals surface area contributed by atoms with Crippen LogP contribution in [0.3, 0.4) is 0 Å². The van der Waals surface area contributed by atoms with Crippen LogP contribution < -0.4 is 14.4 Å². The van der Waals surface area contributed by atoms with Gasteiger partial charge in [0.1, 0.15) is 13.2 Å². The summed E-state index contributed by atoms with van der Waals surface area (Å²) in [6, 6.07) is 16.1. The lowest BCUT2D eigenvalue weighted by Crippen LogP contribution is -3.13. The lowest BCUT2D eigenvalue weighted by atomic mass is 10.1. The summed E-state index contributed by atoms with van der Waals surface area (Å²) in [5, 5.41) is 0. The van der Waals surface area contributed by atoms with Crippen molar-refractivity contribution in [1.29, 1.82) is 0 Å². The van der Waals surface area contributed by atoms with Crippen molar-refractivity contribution in [3.63, 3.8) is 0 Å². The highest BCUT2D eigenvalue weighted by atomic mass is 32.2. The first kappa shape index (κ1) is 21.6. The highest BCUT2D eigenvalue weighted by Crippen LogP contribution is 2.28. The standard InChI is InChI=1S/C22H30N2O4S/c1-3-15-29(25,26)24-13-11-23(12-14-24)17-20-9-10-21(22(16-20)27-2)28-18-19-7-5-4-6-8-19/h4-10,16H,3,11-15,17-18H2,1-2H3/p+1. The summed E-state index contributed by atoms with van der Waals surface area (Å²) >= 11 is 0. The maximum absolute atomic E-state index is 12.2. The highest BCUT2D eigenvalue weighted by molar-refractivity contribution is 7.89. The van der Waals surface area contributed by atoms with Gasteiger partial charge in [0.15, 0.2) is 11.5 Å². The molecule has 3 rings (SSSR count). The van der Waals surface area contributed by atoms with Crippen LogP contribution in [0.1, 0.15) is 24.5 Å². The first-order valence-electron chi connectivity index (χ1n) is 10.2. The molecule has 0 aromatic heterocycles. The lowest BCUT2D eigenvalue weighted by molar-refractivity contribution is -0.917. The molecule has 0 spiro atoms. The number of piperazine rings is 1. The van der Waals surface area contributed by atoms with Gasteiger partial charge in [0.25, 0.3) is 0 Å². The van der Waals surface area contributed by atoms with Crippen molar-refractivity contribution < 1.29 is 22.8 Å². The monoisotopic (exact) mass is 419 g/mol. The van der Waals surface area contributed by atoms with Gasteiger partial charge in [-0.25, -0.2) is 8.42 Å². The maximum atomic E-state index is 12.2. The van der Waals surface area contributed by atoms with Crippen molar-refractivity contribution >= 4 is 10.0 Å². The molecule has 2 aromatic carbocycles. The number of quaternary nitrogens is 1. The molecule has 1 aliphatic heterocycles. The van der Waals surface area contributed by atoms with Crippen LogP contribution in [-0.2, 0) is 23.2 Å². The third kappa shape index (κ3) is 5.95. The molecule has 6 nitrogen and oxygen atoms in total. The van der Waals surface area contributed by atoms with E-state index in [1.807, 2.05) is 49.4 Å². The van der Waals surface area contributed by atoms with E-state index in [0.29, 0.717) is 26.1 Å². The van der Waals surface area contributed by atoms with Gasteiger partial charge in [0.2, 0.25) is 10.0 Å². The van der Waals surface area contributed by atoms with Gasteiger partial charge in [0.05, 0.1) is 39.0 Å². The molecule has 0 aliphatic carbocycles. The smallest absolute Gasteiger partial charge is 0.214 e. The molecule has 1 fully saturated rings. The molecule has 0 bridgehead atoms. The predicted octanol–water partition coefficient (Wildman–Crippen LogP) is 1.71. The fraction of sp³-hybridized carbons (Fsp3) is 0.455. The van der Waals surface area contributed by atoms with Gasteiger partial charge >= 0.3 is 0 Å². The Bertz CT molecular complexity index is 879. The van der Waals surface area contributed by atoms with Crippen LogP contribution in [0.15, 0.2) is 48.5 Å². The van der Waals surface area contributed by atoms with Crippen molar-refractivity contribution in [3.8, 4) is 11.5 Å². The van der Waals surface area contributed by atoms with Gasteiger partial charge < -0.3 is 14.4 Å². The quantitative estimate of drug-likeness (QED) is 0.672. The van der Waals surface area contributed by atoms with E-state index < -0.39 is 10.0 Å². The number of hydrogen-bond donors (Lipinski definition) is 1. The Morgan fingerprint density at radius 3 is 2.38 bits per heavy atom. The Hall–Kier alpha value is -2.09. The summed E-state index contributed by atoms with van der Waals surface area (Å²) in [5.74, 6) is 1.69. The van der Waals surface area contributed by atoms with Crippen LogP contribution >= 0.6 is 0 Å². The molecule has 0 unspecified atom stereocenters. The summed E-state index contributed by atoms with van der Waals surface area (Å²) < 4.78 is 37.5. The van der Waals surface area contributed by atoms with Gasteiger partial charge in [-0.1, -0.05) is 37.3 Å². The van der Waals surface area contributed by atoms with Crippen molar-refractivity contribution in [2.75, 3.05) is 39.0 Å². The van der Waals surface area contributed by atoms with Gasteiger partial charge in [-0.3, -0.25) is 0 Å². The van der Waals surface area contributed by atoms with Gasteiger partial charge in [-0.15, -0.1) is 0 Å². The molecule has 7 heteroatoms. The van der Waals surface area contributed by atoms with E-state index in [1.54, 1.807) is 11.4 Å². The molecular formula is C22H31N2O4S+. The van der Waals surface area contributed by atoms with Crippen LogP contribution in [-0.4, -0.2) is 51.8 Å². The van der Waals surface area contributed by atoms with E-state index in [1.165, 1.54) is 4.90 Å². The van der Waals surface area contributed by atoms with Crippen LogP contribution in [0.2, 0.25) is 0 Å². The van der Waals surface area contributed by atoms with E-state index in [4.69, 9.17) is 9.47 Å². The Morgan fingerprint density at radius 1 is 1.00 bits per heavy atom. The molecule has 0 radical (unpaired) electrons. The summed E-state index contributed by atoms with van der Waals surface area (Å²) in [6.07, 6.45) is 0.661. The van der Waals surface area contributed by atoms with E-state index >= 15 is 0 Å². The number of rotatable bonds is 9. The predicted molar refractivity (Wildman–Crippen MR) is 114 cm³/mol. The maximum Gasteiger partial charge on any atom is 0.214 e. The zero-order valence-electron chi connectivity index (χ0n) is 17.3. The largest absolute Gasteiger partial charge is 0.493 e. The van der Waals surface area contributed by atoms with Crippen LogP contribution in [0.4, 0.5) is 0 Å². The van der Waals surface area contributed by atoms with Crippen LogP contribution in [0.25, 0.3) is 0 Å². The Labute approximate surface area is 174 Å². The van der Waals surface area contributed by atoms with Crippen LogP contribution in [0, 0.1) is 0 Å². The molecule has 1 saturated heterocycles. The summed E-state index contributed by atoms with van der Waals surface area (Å²) in [6.45, 7) is 6.06. The molecule has 2 aromatic rings. The summed E-state index contributed by atoms with van der Waals surface area (Å²) in [7, 11) is -1.44. The molecule has 0 atom stereocenters. The first-order chi connectivity index (χ1) is 14.0. The molecule has 29 heavy (non-hydrogen) atoms. The minimum Gasteiger partial charge on any atom is -0.493 e. The van der Waals surface area contributed by atoms with Gasteiger partial charge in [-0.2, -0.15) is 4.31 Å². The number of nitrogens with one attached hydrogen (secondary N) is 1. The fourth-order valence-corrected chi connectivity index (χ4v) is 5.12. The molecule has 1 N–H and O–H groups in total. The minimum atomic E-state index is -3.09. The second-order valence-corrected chi connectivity index (χ2v) is 9.49. The normalized spacial score (nSPS) is 15.9. The van der Waals surface area contributed by atoms with Crippen molar-refractivity contribution in [1.82, 2.24) is 4.31 Å². The molecule has 1 aliphatic rings. The van der Waals surface area contributed by atoms with Crippen molar-refractivity contribution in [2.24, 2.45) is 0 Å². The third-order valence-corrected chi connectivity index (χ3v) is 7.28. The summed E-state index contributed by atoms with van der Waals surface area (Å²) in [4.78, 5) is 1.38. The number of ether oxygens (including phenoxy) is 2. The van der Waals surface area contributed by atoms with Gasteiger partial charge in [0, 0.05) is 5.56 Å².